The lowest BCUT2D eigenvalue weighted by atomic mass is 10.0. The van der Waals surface area contributed by atoms with Crippen molar-refractivity contribution in [2.75, 3.05) is 33.7 Å². The first-order valence-corrected chi connectivity index (χ1v) is 6.43. The first-order chi connectivity index (χ1) is 8.06. The van der Waals surface area contributed by atoms with E-state index in [1.165, 1.54) is 6.42 Å². The Morgan fingerprint density at radius 1 is 1.53 bits per heavy atom. The second-order valence-corrected chi connectivity index (χ2v) is 5.53. The zero-order valence-corrected chi connectivity index (χ0v) is 10.8. The normalized spacial score (nSPS) is 33.2. The van der Waals surface area contributed by atoms with Crippen molar-refractivity contribution in [3.63, 3.8) is 0 Å². The van der Waals surface area contributed by atoms with E-state index in [9.17, 15) is 4.79 Å². The van der Waals surface area contributed by atoms with Crippen molar-refractivity contribution in [2.24, 2.45) is 17.6 Å². The first kappa shape index (κ1) is 12.6. The van der Waals surface area contributed by atoms with Crippen molar-refractivity contribution in [3.8, 4) is 0 Å². The third kappa shape index (κ3) is 3.07. The molecule has 2 rings (SSSR count). The van der Waals surface area contributed by atoms with Gasteiger partial charge < -0.3 is 15.5 Å². The lowest BCUT2D eigenvalue weighted by Crippen LogP contribution is -2.36. The Hall–Kier alpha value is -0.870. The number of hydrogen-bond donors (Lipinski definition) is 1. The molecule has 4 nitrogen and oxygen atoms in total. The molecule has 1 heterocycles. The lowest BCUT2D eigenvalue weighted by Gasteiger charge is -2.23. The molecule has 0 aromatic heterocycles. The second kappa shape index (κ2) is 5.19. The van der Waals surface area contributed by atoms with Gasteiger partial charge in [0.05, 0.1) is 5.92 Å². The molecule has 2 aliphatic rings. The molecule has 1 aliphatic heterocycles. The Balaban J connectivity index is 1.81. The number of likely N-dealkylation sites (tertiary alicyclic amines) is 1. The van der Waals surface area contributed by atoms with Gasteiger partial charge in [0, 0.05) is 26.2 Å². The van der Waals surface area contributed by atoms with Gasteiger partial charge in [-0.05, 0) is 32.4 Å². The average Bonchev–Trinajstić information content (AvgIpc) is 2.87. The fraction of sp³-hybridized carbons (Fsp3) is 0.769. The summed E-state index contributed by atoms with van der Waals surface area (Å²) in [6, 6.07) is 0.0648. The molecule has 0 bridgehead atoms. The maximum Gasteiger partial charge on any atom is 0.229 e. The summed E-state index contributed by atoms with van der Waals surface area (Å²) >= 11 is 0. The van der Waals surface area contributed by atoms with E-state index in [2.05, 4.69) is 11.9 Å². The van der Waals surface area contributed by atoms with E-state index < -0.39 is 0 Å². The number of carbonyl (C=O) groups is 1. The summed E-state index contributed by atoms with van der Waals surface area (Å²) in [6.45, 7) is 3.14. The molecule has 96 valence electrons. The molecule has 1 fully saturated rings. The molecule has 0 spiro atoms. The number of nitrogens with two attached hydrogens (primary N) is 1. The van der Waals surface area contributed by atoms with Gasteiger partial charge in [-0.25, -0.2) is 0 Å². The van der Waals surface area contributed by atoms with Gasteiger partial charge in [0.1, 0.15) is 0 Å². The van der Waals surface area contributed by atoms with Gasteiger partial charge in [-0.2, -0.15) is 0 Å². The smallest absolute Gasteiger partial charge is 0.229 e. The predicted molar refractivity (Wildman–Crippen MR) is 68.5 cm³/mol. The van der Waals surface area contributed by atoms with Crippen LogP contribution in [0.2, 0.25) is 0 Å². The molecule has 0 aromatic rings. The molecule has 1 amide bonds. The van der Waals surface area contributed by atoms with Crippen LogP contribution in [0.15, 0.2) is 12.2 Å². The first-order valence-electron chi connectivity index (χ1n) is 6.43. The summed E-state index contributed by atoms with van der Waals surface area (Å²) in [5.74, 6) is 0.867. The summed E-state index contributed by atoms with van der Waals surface area (Å²) in [5, 5.41) is 0. The van der Waals surface area contributed by atoms with Crippen molar-refractivity contribution in [3.05, 3.63) is 12.2 Å². The van der Waals surface area contributed by atoms with E-state index in [0.29, 0.717) is 5.92 Å². The van der Waals surface area contributed by atoms with Gasteiger partial charge in [0.2, 0.25) is 5.91 Å². The molecule has 17 heavy (non-hydrogen) atoms. The van der Waals surface area contributed by atoms with Crippen molar-refractivity contribution < 1.29 is 4.79 Å². The zero-order chi connectivity index (χ0) is 12.4. The van der Waals surface area contributed by atoms with E-state index in [4.69, 9.17) is 5.73 Å². The van der Waals surface area contributed by atoms with Crippen LogP contribution >= 0.6 is 0 Å². The van der Waals surface area contributed by atoms with Crippen LogP contribution in [0.5, 0.6) is 0 Å². The zero-order valence-electron chi connectivity index (χ0n) is 10.8. The molecule has 0 radical (unpaired) electrons. The topological polar surface area (TPSA) is 49.6 Å². The minimum atomic E-state index is 0.00846. The SMILES string of the molecule is CN1CCC(CN(C)C(=O)C2C=CC(N)C2)C1. The van der Waals surface area contributed by atoms with Gasteiger partial charge in [-0.15, -0.1) is 0 Å². The minimum absolute atomic E-state index is 0.00846. The van der Waals surface area contributed by atoms with Crippen LogP contribution in [-0.4, -0.2) is 55.5 Å². The Morgan fingerprint density at radius 3 is 2.82 bits per heavy atom. The van der Waals surface area contributed by atoms with Crippen molar-refractivity contribution >= 4 is 5.91 Å². The van der Waals surface area contributed by atoms with Crippen LogP contribution in [0.4, 0.5) is 0 Å². The quantitative estimate of drug-likeness (QED) is 0.718. The molecule has 0 aromatic carbocycles. The van der Waals surface area contributed by atoms with Gasteiger partial charge in [0.25, 0.3) is 0 Å². The van der Waals surface area contributed by atoms with Crippen LogP contribution in [-0.2, 0) is 4.79 Å². The molecule has 3 atom stereocenters. The van der Waals surface area contributed by atoms with Crippen LogP contribution < -0.4 is 5.73 Å². The van der Waals surface area contributed by atoms with Crippen LogP contribution in [0.3, 0.4) is 0 Å². The molecule has 2 N–H and O–H groups in total. The van der Waals surface area contributed by atoms with Crippen molar-refractivity contribution in [1.82, 2.24) is 9.80 Å². The highest BCUT2D eigenvalue weighted by molar-refractivity contribution is 5.81. The highest BCUT2D eigenvalue weighted by Crippen LogP contribution is 2.21. The van der Waals surface area contributed by atoms with Crippen LogP contribution in [0.25, 0.3) is 0 Å². The maximum atomic E-state index is 12.2. The third-order valence-corrected chi connectivity index (χ3v) is 3.83. The molecule has 1 saturated heterocycles. The lowest BCUT2D eigenvalue weighted by molar-refractivity contribution is -0.133. The van der Waals surface area contributed by atoms with Crippen LogP contribution in [0, 0.1) is 11.8 Å². The van der Waals surface area contributed by atoms with Gasteiger partial charge in [-0.1, -0.05) is 12.2 Å². The fourth-order valence-electron chi connectivity index (χ4n) is 2.85. The van der Waals surface area contributed by atoms with Crippen molar-refractivity contribution in [1.29, 1.82) is 0 Å². The Kier molecular flexibility index (Phi) is 3.84. The standard InChI is InChI=1S/C13H23N3O/c1-15-6-5-10(8-15)9-16(2)13(17)11-3-4-12(14)7-11/h3-4,10-12H,5-9,14H2,1-2H3. The predicted octanol–water partition coefficient (Wildman–Crippen LogP) is 0.300. The van der Waals surface area contributed by atoms with E-state index in [0.717, 1.165) is 26.1 Å². The van der Waals surface area contributed by atoms with E-state index in [-0.39, 0.29) is 17.9 Å². The molecular weight excluding hydrogens is 214 g/mol. The highest BCUT2D eigenvalue weighted by atomic mass is 16.2. The Morgan fingerprint density at radius 2 is 2.29 bits per heavy atom. The molecule has 0 saturated carbocycles. The highest BCUT2D eigenvalue weighted by Gasteiger charge is 2.28. The second-order valence-electron chi connectivity index (χ2n) is 5.53. The molecule has 4 heteroatoms. The Bertz CT molecular complexity index is 316. The summed E-state index contributed by atoms with van der Waals surface area (Å²) in [5.41, 5.74) is 5.78. The van der Waals surface area contributed by atoms with Crippen molar-refractivity contribution in [2.45, 2.75) is 18.9 Å². The third-order valence-electron chi connectivity index (χ3n) is 3.83. The van der Waals surface area contributed by atoms with Crippen LogP contribution in [0.1, 0.15) is 12.8 Å². The number of carbonyl (C=O) groups excluding carboxylic acids is 1. The average molecular weight is 237 g/mol. The van der Waals surface area contributed by atoms with Gasteiger partial charge in [-0.3, -0.25) is 4.79 Å². The maximum absolute atomic E-state index is 12.2. The van der Waals surface area contributed by atoms with Gasteiger partial charge >= 0.3 is 0 Å². The van der Waals surface area contributed by atoms with E-state index >= 15 is 0 Å². The number of rotatable bonds is 3. The summed E-state index contributed by atoms with van der Waals surface area (Å²) in [4.78, 5) is 16.4. The Labute approximate surface area is 103 Å². The summed E-state index contributed by atoms with van der Waals surface area (Å²) < 4.78 is 0. The van der Waals surface area contributed by atoms with Gasteiger partial charge in [0.15, 0.2) is 0 Å². The number of nitrogens with zero attached hydrogens (tertiary/aromatic N) is 2. The number of hydrogen-bond acceptors (Lipinski definition) is 3. The molecule has 1 aliphatic carbocycles. The summed E-state index contributed by atoms with van der Waals surface area (Å²) in [7, 11) is 4.05. The number of amides is 1. The van der Waals surface area contributed by atoms with E-state index in [1.54, 1.807) is 0 Å². The fourth-order valence-corrected chi connectivity index (χ4v) is 2.85. The van der Waals surface area contributed by atoms with E-state index in [1.807, 2.05) is 24.1 Å². The minimum Gasteiger partial charge on any atom is -0.345 e. The molecule has 3 unspecified atom stereocenters. The molecular formula is C13H23N3O. The monoisotopic (exact) mass is 237 g/mol. The largest absolute Gasteiger partial charge is 0.345 e. The summed E-state index contributed by atoms with van der Waals surface area (Å²) in [6.07, 6.45) is 5.88.